The monoisotopic (exact) mass is 335 g/mol. The van der Waals surface area contributed by atoms with E-state index in [9.17, 15) is 0 Å². The van der Waals surface area contributed by atoms with Gasteiger partial charge >= 0.3 is 0 Å². The van der Waals surface area contributed by atoms with E-state index in [0.717, 1.165) is 34.9 Å². The van der Waals surface area contributed by atoms with E-state index in [1.165, 1.54) is 37.9 Å². The molecule has 0 bridgehead atoms. The number of fused-ring (bicyclic) bond motifs is 1. The molecule has 0 aliphatic carbocycles. The first kappa shape index (κ1) is 16.2. The van der Waals surface area contributed by atoms with Gasteiger partial charge in [-0.2, -0.15) is 0 Å². The van der Waals surface area contributed by atoms with E-state index in [1.807, 2.05) is 13.0 Å². The summed E-state index contributed by atoms with van der Waals surface area (Å²) in [5.74, 6) is 0.904. The highest BCUT2D eigenvalue weighted by Gasteiger charge is 2.14. The maximum absolute atomic E-state index is 5.65. The lowest BCUT2D eigenvalue weighted by molar-refractivity contribution is 0.221. The fraction of sp³-hybridized carbons (Fsp3) is 0.381. The van der Waals surface area contributed by atoms with Crippen molar-refractivity contribution in [2.45, 2.75) is 32.7 Å². The van der Waals surface area contributed by atoms with Crippen molar-refractivity contribution in [1.29, 1.82) is 0 Å². The van der Waals surface area contributed by atoms with Crippen molar-refractivity contribution in [3.63, 3.8) is 0 Å². The van der Waals surface area contributed by atoms with Gasteiger partial charge in [-0.15, -0.1) is 0 Å². The Balaban J connectivity index is 1.75. The van der Waals surface area contributed by atoms with Crippen LogP contribution in [0.5, 0.6) is 5.75 Å². The fourth-order valence-electron chi connectivity index (χ4n) is 3.78. The Labute approximate surface area is 149 Å². The second kappa shape index (κ2) is 6.89. The highest BCUT2D eigenvalue weighted by atomic mass is 16.5. The number of likely N-dealkylation sites (tertiary alicyclic amines) is 1. The molecule has 1 aliphatic heterocycles. The number of benzene rings is 1. The molecule has 0 radical (unpaired) electrons. The predicted molar refractivity (Wildman–Crippen MR) is 101 cm³/mol. The Bertz CT molecular complexity index is 878. The van der Waals surface area contributed by atoms with Crippen molar-refractivity contribution < 1.29 is 4.74 Å². The smallest absolute Gasteiger partial charge is 0.137 e. The summed E-state index contributed by atoms with van der Waals surface area (Å²) in [6.07, 6.45) is 6.08. The van der Waals surface area contributed by atoms with Crippen LogP contribution in [0, 0.1) is 6.92 Å². The molecule has 4 heteroatoms. The lowest BCUT2D eigenvalue weighted by Gasteiger charge is -2.26. The van der Waals surface area contributed by atoms with Crippen molar-refractivity contribution in [3.8, 4) is 17.0 Å². The topological polar surface area (TPSA) is 29.8 Å². The van der Waals surface area contributed by atoms with Crippen molar-refractivity contribution in [2.75, 3.05) is 20.2 Å². The first-order valence-electron chi connectivity index (χ1n) is 9.09. The molecular weight excluding hydrogens is 310 g/mol. The Morgan fingerprint density at radius 1 is 1.08 bits per heavy atom. The Kier molecular flexibility index (Phi) is 4.45. The third-order valence-electron chi connectivity index (χ3n) is 5.01. The molecule has 4 nitrogen and oxygen atoms in total. The predicted octanol–water partition coefficient (Wildman–Crippen LogP) is 4.30. The summed E-state index contributed by atoms with van der Waals surface area (Å²) in [5.41, 5.74) is 5.58. The quantitative estimate of drug-likeness (QED) is 0.712. The van der Waals surface area contributed by atoms with Crippen LogP contribution >= 0.6 is 0 Å². The van der Waals surface area contributed by atoms with Crippen molar-refractivity contribution in [3.05, 3.63) is 53.9 Å². The first-order chi connectivity index (χ1) is 12.2. The first-order valence-corrected chi connectivity index (χ1v) is 9.09. The molecule has 3 heterocycles. The molecule has 0 unspecified atom stereocenters. The summed E-state index contributed by atoms with van der Waals surface area (Å²) < 4.78 is 7.80. The molecule has 0 atom stereocenters. The van der Waals surface area contributed by atoms with Crippen LogP contribution in [-0.4, -0.2) is 34.5 Å². The minimum atomic E-state index is 0.904. The molecule has 0 amide bonds. The van der Waals surface area contributed by atoms with Crippen molar-refractivity contribution in [1.82, 2.24) is 14.3 Å². The van der Waals surface area contributed by atoms with Gasteiger partial charge < -0.3 is 4.74 Å². The highest BCUT2D eigenvalue weighted by Crippen LogP contribution is 2.32. The maximum Gasteiger partial charge on any atom is 0.137 e. The van der Waals surface area contributed by atoms with Crippen LogP contribution in [0.1, 0.15) is 30.5 Å². The summed E-state index contributed by atoms with van der Waals surface area (Å²) in [6, 6.07) is 12.8. The third-order valence-corrected chi connectivity index (χ3v) is 5.01. The van der Waals surface area contributed by atoms with E-state index in [2.05, 4.69) is 50.8 Å². The van der Waals surface area contributed by atoms with Crippen molar-refractivity contribution >= 4 is 5.65 Å². The van der Waals surface area contributed by atoms with Gasteiger partial charge in [-0.25, -0.2) is 4.98 Å². The molecule has 0 spiro atoms. The van der Waals surface area contributed by atoms with E-state index >= 15 is 0 Å². The van der Waals surface area contributed by atoms with Gasteiger partial charge in [0.1, 0.15) is 11.4 Å². The van der Waals surface area contributed by atoms with Gasteiger partial charge in [0.2, 0.25) is 0 Å². The Hall–Kier alpha value is -2.33. The third kappa shape index (κ3) is 3.27. The summed E-state index contributed by atoms with van der Waals surface area (Å²) in [4.78, 5) is 7.14. The van der Waals surface area contributed by atoms with Gasteiger partial charge in [-0.3, -0.25) is 9.30 Å². The molecule has 1 aromatic carbocycles. The number of pyridine rings is 1. The second-order valence-electron chi connectivity index (χ2n) is 6.89. The summed E-state index contributed by atoms with van der Waals surface area (Å²) in [7, 11) is 1.74. The van der Waals surface area contributed by atoms with E-state index in [4.69, 9.17) is 4.74 Å². The number of aromatic nitrogens is 2. The number of imidazole rings is 1. The lowest BCUT2D eigenvalue weighted by Crippen LogP contribution is -2.29. The number of rotatable bonds is 4. The molecule has 2 aromatic heterocycles. The molecule has 25 heavy (non-hydrogen) atoms. The van der Waals surface area contributed by atoms with Gasteiger partial charge in [0, 0.05) is 18.3 Å². The zero-order valence-corrected chi connectivity index (χ0v) is 15.0. The van der Waals surface area contributed by atoms with Gasteiger partial charge in [0.25, 0.3) is 0 Å². The minimum Gasteiger partial charge on any atom is -0.496 e. The Morgan fingerprint density at radius 3 is 2.72 bits per heavy atom. The second-order valence-corrected chi connectivity index (χ2v) is 6.89. The zero-order valence-electron chi connectivity index (χ0n) is 15.0. The van der Waals surface area contributed by atoms with E-state index in [0.29, 0.717) is 0 Å². The molecule has 1 fully saturated rings. The fourth-order valence-corrected chi connectivity index (χ4v) is 3.78. The average molecular weight is 335 g/mol. The van der Waals surface area contributed by atoms with Crippen LogP contribution in [0.15, 0.2) is 42.6 Å². The number of methoxy groups -OCH3 is 1. The standard InChI is InChI=1S/C21H25N3O/c1-16-14-24-19(7-6-8-21(24)22-16)18-13-17(9-10-20(18)25-2)15-23-11-4-3-5-12-23/h6-10,13-14H,3-5,11-12,15H2,1-2H3. The van der Waals surface area contributed by atoms with Crippen LogP contribution in [0.4, 0.5) is 0 Å². The van der Waals surface area contributed by atoms with Gasteiger partial charge in [0.05, 0.1) is 18.5 Å². The number of piperidine rings is 1. The maximum atomic E-state index is 5.65. The van der Waals surface area contributed by atoms with E-state index in [1.54, 1.807) is 7.11 Å². The number of hydrogen-bond acceptors (Lipinski definition) is 3. The normalized spacial score (nSPS) is 15.6. The molecule has 0 N–H and O–H groups in total. The van der Waals surface area contributed by atoms with Crippen LogP contribution in [-0.2, 0) is 6.54 Å². The van der Waals surface area contributed by atoms with E-state index < -0.39 is 0 Å². The number of hydrogen-bond donors (Lipinski definition) is 0. The highest BCUT2D eigenvalue weighted by molar-refractivity contribution is 5.71. The largest absolute Gasteiger partial charge is 0.496 e. The molecule has 0 saturated carbocycles. The van der Waals surface area contributed by atoms with Gasteiger partial charge in [-0.05, 0) is 62.7 Å². The molecular formula is C21H25N3O. The molecule has 1 saturated heterocycles. The molecule has 1 aliphatic rings. The Morgan fingerprint density at radius 2 is 1.92 bits per heavy atom. The van der Waals surface area contributed by atoms with E-state index in [-0.39, 0.29) is 0 Å². The molecule has 130 valence electrons. The SMILES string of the molecule is COc1ccc(CN2CCCCC2)cc1-c1cccc2nc(C)cn12. The number of ether oxygens (including phenoxy) is 1. The summed E-state index contributed by atoms with van der Waals surface area (Å²) in [6.45, 7) is 5.45. The number of aryl methyl sites for hydroxylation is 1. The summed E-state index contributed by atoms with van der Waals surface area (Å²) in [5, 5.41) is 0. The van der Waals surface area contributed by atoms with Crippen LogP contribution in [0.2, 0.25) is 0 Å². The van der Waals surface area contributed by atoms with Crippen LogP contribution in [0.3, 0.4) is 0 Å². The zero-order chi connectivity index (χ0) is 17.2. The molecule has 3 aromatic rings. The van der Waals surface area contributed by atoms with Gasteiger partial charge in [0.15, 0.2) is 0 Å². The average Bonchev–Trinajstić information content (AvgIpc) is 3.02. The van der Waals surface area contributed by atoms with Gasteiger partial charge in [-0.1, -0.05) is 18.6 Å². The minimum absolute atomic E-state index is 0.904. The van der Waals surface area contributed by atoms with Crippen LogP contribution in [0.25, 0.3) is 16.9 Å². The summed E-state index contributed by atoms with van der Waals surface area (Å²) >= 11 is 0. The van der Waals surface area contributed by atoms with Crippen molar-refractivity contribution in [2.24, 2.45) is 0 Å². The lowest BCUT2D eigenvalue weighted by atomic mass is 10.0. The van der Waals surface area contributed by atoms with Crippen LogP contribution < -0.4 is 4.74 Å². The number of nitrogens with zero attached hydrogens (tertiary/aromatic N) is 3. The molecule has 4 rings (SSSR count).